The van der Waals surface area contributed by atoms with Gasteiger partial charge >= 0.3 is 0 Å². The van der Waals surface area contributed by atoms with Crippen LogP contribution in [0.1, 0.15) is 63.1 Å². The van der Waals surface area contributed by atoms with Gasteiger partial charge in [-0.2, -0.15) is 0 Å². The lowest BCUT2D eigenvalue weighted by Gasteiger charge is -2.45. The van der Waals surface area contributed by atoms with E-state index in [0.717, 1.165) is 49.8 Å². The van der Waals surface area contributed by atoms with Gasteiger partial charge in [-0.05, 0) is 68.9 Å². The van der Waals surface area contributed by atoms with Crippen molar-refractivity contribution in [3.63, 3.8) is 0 Å². The van der Waals surface area contributed by atoms with E-state index in [0.29, 0.717) is 25.9 Å². The van der Waals surface area contributed by atoms with Crippen LogP contribution in [0.15, 0.2) is 48.7 Å². The number of hydrogen-bond donors (Lipinski definition) is 0. The van der Waals surface area contributed by atoms with Gasteiger partial charge in [-0.25, -0.2) is 4.39 Å². The van der Waals surface area contributed by atoms with E-state index in [1.165, 1.54) is 12.1 Å². The second kappa shape index (κ2) is 9.80. The molecule has 3 heterocycles. The minimum Gasteiger partial charge on any atom is -0.337 e. The van der Waals surface area contributed by atoms with Crippen LogP contribution in [-0.4, -0.2) is 44.7 Å². The summed E-state index contributed by atoms with van der Waals surface area (Å²) in [5.41, 5.74) is 1.52. The number of likely N-dealkylation sites (tertiary alicyclic amines) is 2. The number of nitrogens with zero attached hydrogens (tertiary/aromatic N) is 3. The third-order valence-electron chi connectivity index (χ3n) is 7.11. The van der Waals surface area contributed by atoms with Crippen LogP contribution in [0.2, 0.25) is 0 Å². The first kappa shape index (κ1) is 22.4. The van der Waals surface area contributed by atoms with Crippen LogP contribution < -0.4 is 0 Å². The SMILES string of the molecule is C[C@@]12CCN(C(=O)CCCc3ccccn3)[C@@H]1CCCCC(=O)N2Cc1ccc(F)cc1. The Morgan fingerprint density at radius 2 is 2.00 bits per heavy atom. The number of hydrogen-bond acceptors (Lipinski definition) is 3. The maximum Gasteiger partial charge on any atom is 0.223 e. The standard InChI is InChI=1S/C26H32FN3O2/c1-26-16-18-29(24(31)11-6-8-22-7-4-5-17-28-22)23(26)9-2-3-10-25(32)30(26)19-20-12-14-21(27)15-13-20/h4-5,7,12-15,17,23H,2-3,6,8-11,16,18-19H2,1H3/t23-,26-/m1/s1. The minimum absolute atomic E-state index is 0.0227. The van der Waals surface area contributed by atoms with E-state index < -0.39 is 5.54 Å². The molecule has 0 radical (unpaired) electrons. The highest BCUT2D eigenvalue weighted by Crippen LogP contribution is 2.40. The molecule has 5 nitrogen and oxygen atoms in total. The third kappa shape index (κ3) is 4.84. The maximum absolute atomic E-state index is 13.4. The number of halogens is 1. The first-order chi connectivity index (χ1) is 15.5. The fraction of sp³-hybridized carbons (Fsp3) is 0.500. The van der Waals surface area contributed by atoms with Gasteiger partial charge in [0, 0.05) is 37.8 Å². The predicted molar refractivity (Wildman–Crippen MR) is 121 cm³/mol. The number of carbonyl (C=O) groups excluding carboxylic acids is 2. The Bertz CT molecular complexity index is 934. The van der Waals surface area contributed by atoms with Crippen molar-refractivity contribution in [3.05, 3.63) is 65.7 Å². The number of rotatable bonds is 6. The van der Waals surface area contributed by atoms with E-state index in [1.807, 2.05) is 28.0 Å². The molecule has 4 rings (SSSR count). The third-order valence-corrected chi connectivity index (χ3v) is 7.11. The van der Waals surface area contributed by atoms with Crippen molar-refractivity contribution in [2.45, 2.75) is 76.4 Å². The van der Waals surface area contributed by atoms with Crippen LogP contribution >= 0.6 is 0 Å². The van der Waals surface area contributed by atoms with Crippen molar-refractivity contribution >= 4 is 11.8 Å². The normalized spacial score (nSPS) is 23.6. The van der Waals surface area contributed by atoms with Gasteiger partial charge in [0.2, 0.25) is 11.8 Å². The van der Waals surface area contributed by atoms with Crippen LogP contribution in [-0.2, 0) is 22.6 Å². The number of carbonyl (C=O) groups is 2. The Morgan fingerprint density at radius 3 is 2.75 bits per heavy atom. The zero-order valence-corrected chi connectivity index (χ0v) is 18.8. The molecule has 0 bridgehead atoms. The first-order valence-electron chi connectivity index (χ1n) is 11.7. The van der Waals surface area contributed by atoms with E-state index in [-0.39, 0.29) is 23.7 Å². The highest BCUT2D eigenvalue weighted by Gasteiger charge is 2.50. The van der Waals surface area contributed by atoms with Gasteiger partial charge in [0.1, 0.15) is 5.82 Å². The second-order valence-corrected chi connectivity index (χ2v) is 9.24. The molecule has 2 saturated heterocycles. The topological polar surface area (TPSA) is 53.5 Å². The molecule has 2 fully saturated rings. The molecule has 0 N–H and O–H groups in total. The molecule has 6 heteroatoms. The lowest BCUT2D eigenvalue weighted by molar-refractivity contribution is -0.144. The van der Waals surface area contributed by atoms with Crippen molar-refractivity contribution in [2.24, 2.45) is 0 Å². The lowest BCUT2D eigenvalue weighted by Crippen LogP contribution is -2.58. The zero-order chi connectivity index (χ0) is 22.6. The Morgan fingerprint density at radius 1 is 1.19 bits per heavy atom. The summed E-state index contributed by atoms with van der Waals surface area (Å²) in [6.07, 6.45) is 7.85. The van der Waals surface area contributed by atoms with Crippen molar-refractivity contribution in [1.82, 2.24) is 14.8 Å². The fourth-order valence-electron chi connectivity index (χ4n) is 5.27. The van der Waals surface area contributed by atoms with Crippen molar-refractivity contribution in [2.75, 3.05) is 6.54 Å². The molecule has 1 aromatic carbocycles. The molecule has 170 valence electrons. The number of aryl methyl sites for hydroxylation is 1. The van der Waals surface area contributed by atoms with Gasteiger partial charge in [-0.3, -0.25) is 14.6 Å². The van der Waals surface area contributed by atoms with Gasteiger partial charge in [0.15, 0.2) is 0 Å². The molecule has 2 aliphatic rings. The zero-order valence-electron chi connectivity index (χ0n) is 18.8. The molecule has 2 aromatic rings. The highest BCUT2D eigenvalue weighted by atomic mass is 19.1. The second-order valence-electron chi connectivity index (χ2n) is 9.24. The number of fused-ring (bicyclic) bond motifs is 1. The summed E-state index contributed by atoms with van der Waals surface area (Å²) in [6, 6.07) is 12.3. The first-order valence-corrected chi connectivity index (χ1v) is 11.7. The summed E-state index contributed by atoms with van der Waals surface area (Å²) in [5.74, 6) is 0.0237. The van der Waals surface area contributed by atoms with Gasteiger partial charge in [0.25, 0.3) is 0 Å². The minimum atomic E-state index is -0.400. The molecule has 2 aliphatic heterocycles. The van der Waals surface area contributed by atoms with E-state index in [2.05, 4.69) is 11.9 Å². The number of pyridine rings is 1. The Hall–Kier alpha value is -2.76. The summed E-state index contributed by atoms with van der Waals surface area (Å²) < 4.78 is 13.4. The number of amides is 2. The molecule has 2 atom stereocenters. The van der Waals surface area contributed by atoms with Crippen molar-refractivity contribution < 1.29 is 14.0 Å². The largest absolute Gasteiger partial charge is 0.337 e. The number of benzene rings is 1. The van der Waals surface area contributed by atoms with Crippen molar-refractivity contribution in [3.8, 4) is 0 Å². The molecule has 0 spiro atoms. The van der Waals surface area contributed by atoms with E-state index in [4.69, 9.17) is 0 Å². The molecular formula is C26H32FN3O2. The van der Waals surface area contributed by atoms with Gasteiger partial charge in [-0.1, -0.05) is 24.6 Å². The Labute approximate surface area is 189 Å². The summed E-state index contributed by atoms with van der Waals surface area (Å²) in [5, 5.41) is 0. The van der Waals surface area contributed by atoms with Crippen LogP contribution in [0.3, 0.4) is 0 Å². The molecule has 2 amide bonds. The molecular weight excluding hydrogens is 405 g/mol. The average Bonchev–Trinajstić information content (AvgIpc) is 3.12. The maximum atomic E-state index is 13.4. The summed E-state index contributed by atoms with van der Waals surface area (Å²) in [7, 11) is 0. The monoisotopic (exact) mass is 437 g/mol. The molecule has 0 unspecified atom stereocenters. The summed E-state index contributed by atoms with van der Waals surface area (Å²) in [4.78, 5) is 34.6. The van der Waals surface area contributed by atoms with Gasteiger partial charge < -0.3 is 9.80 Å². The van der Waals surface area contributed by atoms with Crippen molar-refractivity contribution in [1.29, 1.82) is 0 Å². The predicted octanol–water partition coefficient (Wildman–Crippen LogP) is 4.51. The Kier molecular flexibility index (Phi) is 6.87. The van der Waals surface area contributed by atoms with E-state index in [1.54, 1.807) is 18.3 Å². The Balaban J connectivity index is 1.47. The van der Waals surface area contributed by atoms with E-state index in [9.17, 15) is 14.0 Å². The van der Waals surface area contributed by atoms with E-state index >= 15 is 0 Å². The van der Waals surface area contributed by atoms with Crippen LogP contribution in [0.4, 0.5) is 4.39 Å². The fourth-order valence-corrected chi connectivity index (χ4v) is 5.27. The number of aromatic nitrogens is 1. The van der Waals surface area contributed by atoms with Gasteiger partial charge in [0.05, 0.1) is 11.6 Å². The van der Waals surface area contributed by atoms with Crippen LogP contribution in [0.5, 0.6) is 0 Å². The summed E-state index contributed by atoms with van der Waals surface area (Å²) in [6.45, 7) is 3.26. The molecule has 1 aromatic heterocycles. The average molecular weight is 438 g/mol. The van der Waals surface area contributed by atoms with Crippen LogP contribution in [0, 0.1) is 5.82 Å². The highest BCUT2D eigenvalue weighted by molar-refractivity contribution is 5.79. The molecule has 0 saturated carbocycles. The smallest absolute Gasteiger partial charge is 0.223 e. The summed E-state index contributed by atoms with van der Waals surface area (Å²) >= 11 is 0. The van der Waals surface area contributed by atoms with Crippen LogP contribution in [0.25, 0.3) is 0 Å². The van der Waals surface area contributed by atoms with Gasteiger partial charge in [-0.15, -0.1) is 0 Å². The lowest BCUT2D eigenvalue weighted by atomic mass is 9.84. The molecule has 32 heavy (non-hydrogen) atoms. The molecule has 0 aliphatic carbocycles. The quantitative estimate of drug-likeness (QED) is 0.668.